The summed E-state index contributed by atoms with van der Waals surface area (Å²) in [7, 11) is 0. The Balaban J connectivity index is 2.19. The van der Waals surface area contributed by atoms with Gasteiger partial charge in [0.2, 0.25) is 0 Å². The Kier molecular flexibility index (Phi) is 3.73. The van der Waals surface area contributed by atoms with Crippen molar-refractivity contribution in [2.45, 2.75) is 0 Å². The van der Waals surface area contributed by atoms with E-state index in [-0.39, 0.29) is 6.54 Å². The Morgan fingerprint density at radius 3 is 2.40 bits per heavy atom. The number of halogens is 1. The maximum absolute atomic E-state index is 10.7. The minimum absolute atomic E-state index is 0.250. The molecule has 0 amide bonds. The third kappa shape index (κ3) is 3.85. The van der Waals surface area contributed by atoms with Crippen molar-refractivity contribution in [3.63, 3.8) is 0 Å². The maximum Gasteiger partial charge on any atom is 0.0382 e. The van der Waals surface area contributed by atoms with Gasteiger partial charge in [0, 0.05) is 13.1 Å². The fourth-order valence-electron chi connectivity index (χ4n) is 0.0546. The Hall–Kier alpha value is -0.150. The van der Waals surface area contributed by atoms with Crippen LogP contribution in [0.15, 0.2) is 0 Å². The molecule has 0 radical (unpaired) electrons. The van der Waals surface area contributed by atoms with Crippen LogP contribution >= 0.6 is 0 Å². The summed E-state index contributed by atoms with van der Waals surface area (Å²) in [5.74, 6) is 0. The van der Waals surface area contributed by atoms with Gasteiger partial charge in [-0.05, 0) is 0 Å². The van der Waals surface area contributed by atoms with Crippen molar-refractivity contribution in [3.8, 4) is 0 Å². The van der Waals surface area contributed by atoms with Crippen LogP contribution in [0.3, 0.4) is 0 Å². The van der Waals surface area contributed by atoms with Crippen molar-refractivity contribution in [1.82, 2.24) is 5.54 Å². The van der Waals surface area contributed by atoms with Crippen LogP contribution in [0.4, 0.5) is 4.48 Å². The van der Waals surface area contributed by atoms with Gasteiger partial charge in [-0.25, -0.2) is 0 Å². The fraction of sp³-hybridized carbons (Fsp3) is 1.00. The lowest BCUT2D eigenvalue weighted by Crippen LogP contribution is -2.13. The first-order valence-electron chi connectivity index (χ1n) is 1.45. The molecule has 3 heteroatoms. The molecule has 0 aliphatic carbocycles. The summed E-state index contributed by atoms with van der Waals surface area (Å²) in [6.45, 7) is 0.608. The Morgan fingerprint density at radius 1 is 1.80 bits per heavy atom. The second kappa shape index (κ2) is 3.85. The van der Waals surface area contributed by atoms with Crippen molar-refractivity contribution >= 4 is 0 Å². The molecule has 2 nitrogen and oxygen atoms in total. The molecule has 32 valence electrons. The molecule has 0 saturated heterocycles. The zero-order chi connectivity index (χ0) is 4.12. The smallest absolute Gasteiger partial charge is 0.0382 e. The molecule has 0 bridgehead atoms. The molecule has 0 saturated carbocycles. The first kappa shape index (κ1) is 4.85. The molecule has 0 aromatic heterocycles. The van der Waals surface area contributed by atoms with E-state index in [1.165, 1.54) is 5.54 Å². The molecule has 0 atom stereocenters. The predicted molar refractivity (Wildman–Crippen MR) is 18.2 cm³/mol. The van der Waals surface area contributed by atoms with Crippen molar-refractivity contribution in [2.75, 3.05) is 13.1 Å². The quantitative estimate of drug-likeness (QED) is 0.433. The molecule has 0 fully saturated rings. The zero-order valence-electron chi connectivity index (χ0n) is 2.87. The van der Waals surface area contributed by atoms with Crippen LogP contribution in [0.1, 0.15) is 0 Å². The van der Waals surface area contributed by atoms with Crippen LogP contribution in [0.25, 0.3) is 0 Å². The lowest BCUT2D eigenvalue weighted by Gasteiger charge is -1.80. The molecule has 0 aliphatic rings. The van der Waals surface area contributed by atoms with Crippen LogP contribution in [0, 0.1) is 0 Å². The first-order chi connectivity index (χ1) is 2.41. The second-order valence-electron chi connectivity index (χ2n) is 0.672. The highest BCUT2D eigenvalue weighted by Crippen LogP contribution is 1.45. The molecule has 3 N–H and O–H groups in total. The molecule has 0 spiro atoms. The minimum Gasteiger partial charge on any atom is -0.329 e. The van der Waals surface area contributed by atoms with E-state index < -0.39 is 0 Å². The normalized spacial score (nSPS) is 8.40. The molecule has 0 unspecified atom stereocenters. The first-order valence-corrected chi connectivity index (χ1v) is 1.45. The van der Waals surface area contributed by atoms with Gasteiger partial charge >= 0.3 is 0 Å². The molecule has 0 aliphatic heterocycles. The van der Waals surface area contributed by atoms with Crippen LogP contribution in [0.5, 0.6) is 0 Å². The monoisotopic (exact) mass is 78.1 g/mol. The van der Waals surface area contributed by atoms with Gasteiger partial charge < -0.3 is 5.73 Å². The van der Waals surface area contributed by atoms with Gasteiger partial charge in [0.05, 0.1) is 0 Å². The topological polar surface area (TPSA) is 38.0 Å². The van der Waals surface area contributed by atoms with E-state index in [4.69, 9.17) is 5.73 Å². The number of hydrogen-bond donors (Lipinski definition) is 2. The summed E-state index contributed by atoms with van der Waals surface area (Å²) >= 11 is 0. The average Bonchev–Trinajstić information content (AvgIpc) is 1.41. The van der Waals surface area contributed by atoms with E-state index in [9.17, 15) is 4.48 Å². The number of rotatable bonds is 2. The highest BCUT2D eigenvalue weighted by molar-refractivity contribution is 4.28. The third-order valence-electron chi connectivity index (χ3n) is 0.239. The van der Waals surface area contributed by atoms with Crippen LogP contribution < -0.4 is 11.3 Å². The predicted octanol–water partition coefficient (Wildman–Crippen LogP) is -0.581. The highest BCUT2D eigenvalue weighted by Gasteiger charge is 1.68. The molecule has 0 heterocycles. The van der Waals surface area contributed by atoms with E-state index in [2.05, 4.69) is 0 Å². The summed E-state index contributed by atoms with van der Waals surface area (Å²) in [4.78, 5) is 0. The Bertz CT molecular complexity index is 15.1. The van der Waals surface area contributed by atoms with E-state index in [1.54, 1.807) is 0 Å². The lowest BCUT2D eigenvalue weighted by molar-refractivity contribution is 0.341. The van der Waals surface area contributed by atoms with Gasteiger partial charge in [-0.2, -0.15) is 5.54 Å². The largest absolute Gasteiger partial charge is 0.329 e. The zero-order valence-corrected chi connectivity index (χ0v) is 2.87. The Morgan fingerprint density at radius 2 is 2.40 bits per heavy atom. The molecular formula is C2H7FN2. The van der Waals surface area contributed by atoms with Crippen molar-refractivity contribution in [1.29, 1.82) is 0 Å². The van der Waals surface area contributed by atoms with Gasteiger partial charge in [0.25, 0.3) is 0 Å². The number of hydrogen-bond acceptors (Lipinski definition) is 2. The summed E-state index contributed by atoms with van der Waals surface area (Å²) in [6, 6.07) is 0. The van der Waals surface area contributed by atoms with Crippen LogP contribution in [-0.4, -0.2) is 13.1 Å². The van der Waals surface area contributed by atoms with Gasteiger partial charge in [-0.15, -0.1) is 4.48 Å². The summed E-state index contributed by atoms with van der Waals surface area (Å²) in [5.41, 5.74) is 6.23. The SMILES string of the molecule is NCCNF. The number of nitrogens with one attached hydrogen (secondary N) is 1. The minimum atomic E-state index is 0.250. The number of nitrogens with two attached hydrogens (primary N) is 1. The standard InChI is InChI=1S/C2H7FN2/c3-5-2-1-4/h5H,1-2,4H2. The van der Waals surface area contributed by atoms with E-state index in [0.29, 0.717) is 6.54 Å². The van der Waals surface area contributed by atoms with E-state index in [1.807, 2.05) is 0 Å². The lowest BCUT2D eigenvalue weighted by atomic mass is 10.7. The summed E-state index contributed by atoms with van der Waals surface area (Å²) in [5, 5.41) is 0. The second-order valence-corrected chi connectivity index (χ2v) is 0.672. The van der Waals surface area contributed by atoms with E-state index in [0.717, 1.165) is 0 Å². The summed E-state index contributed by atoms with van der Waals surface area (Å²) < 4.78 is 10.7. The maximum atomic E-state index is 10.7. The third-order valence-corrected chi connectivity index (χ3v) is 0.239. The van der Waals surface area contributed by atoms with E-state index >= 15 is 0 Å². The van der Waals surface area contributed by atoms with Crippen molar-refractivity contribution in [2.24, 2.45) is 5.73 Å². The van der Waals surface area contributed by atoms with Crippen molar-refractivity contribution < 1.29 is 4.48 Å². The van der Waals surface area contributed by atoms with Crippen molar-refractivity contribution in [3.05, 3.63) is 0 Å². The highest BCUT2D eigenvalue weighted by atomic mass is 19.2. The van der Waals surface area contributed by atoms with Crippen LogP contribution in [-0.2, 0) is 0 Å². The molecule has 0 aromatic carbocycles. The van der Waals surface area contributed by atoms with Gasteiger partial charge in [0.15, 0.2) is 0 Å². The van der Waals surface area contributed by atoms with Gasteiger partial charge in [-0.3, -0.25) is 0 Å². The molecular weight excluding hydrogens is 71.0 g/mol. The fourth-order valence-corrected chi connectivity index (χ4v) is 0.0546. The molecule has 5 heavy (non-hydrogen) atoms. The average molecular weight is 78.1 g/mol. The summed E-state index contributed by atoms with van der Waals surface area (Å²) in [6.07, 6.45) is 0. The van der Waals surface area contributed by atoms with Crippen LogP contribution in [0.2, 0.25) is 0 Å². The molecule has 0 rings (SSSR count). The Labute approximate surface area is 30.1 Å². The van der Waals surface area contributed by atoms with Gasteiger partial charge in [0.1, 0.15) is 0 Å². The van der Waals surface area contributed by atoms with Gasteiger partial charge in [-0.1, -0.05) is 0 Å². The molecule has 0 aromatic rings.